The number of hydrogen-bond donors (Lipinski definition) is 2. The Morgan fingerprint density at radius 2 is 1.50 bits per heavy atom. The Balaban J connectivity index is 4.04. The molecule has 0 saturated heterocycles. The van der Waals surface area contributed by atoms with Gasteiger partial charge in [-0.3, -0.25) is 0 Å². The standard InChI is InChI=1S/C12H28N2/c1-10(2)11(3,4)8-14-12(5,6)9-13-7/h10,13-14H,8-9H2,1-7H3. The smallest absolute Gasteiger partial charge is 0.0249 e. The molecule has 2 heteroatoms. The summed E-state index contributed by atoms with van der Waals surface area (Å²) in [4.78, 5) is 0. The van der Waals surface area contributed by atoms with Gasteiger partial charge in [-0.05, 0) is 32.2 Å². The van der Waals surface area contributed by atoms with Crippen molar-refractivity contribution in [2.75, 3.05) is 20.1 Å². The summed E-state index contributed by atoms with van der Waals surface area (Å²) in [5.74, 6) is 0.709. The van der Waals surface area contributed by atoms with E-state index in [4.69, 9.17) is 0 Å². The highest BCUT2D eigenvalue weighted by Crippen LogP contribution is 2.25. The first-order chi connectivity index (χ1) is 6.21. The van der Waals surface area contributed by atoms with Crippen molar-refractivity contribution in [3.8, 4) is 0 Å². The normalized spacial score (nSPS) is 13.7. The van der Waals surface area contributed by atoms with Gasteiger partial charge in [-0.15, -0.1) is 0 Å². The van der Waals surface area contributed by atoms with Crippen molar-refractivity contribution >= 4 is 0 Å². The van der Waals surface area contributed by atoms with Gasteiger partial charge in [0.15, 0.2) is 0 Å². The highest BCUT2D eigenvalue weighted by Gasteiger charge is 2.25. The third kappa shape index (κ3) is 4.97. The summed E-state index contributed by atoms with van der Waals surface area (Å²) >= 11 is 0. The molecule has 0 radical (unpaired) electrons. The van der Waals surface area contributed by atoms with E-state index in [1.807, 2.05) is 7.05 Å². The van der Waals surface area contributed by atoms with Crippen LogP contribution in [0.2, 0.25) is 0 Å². The van der Waals surface area contributed by atoms with E-state index in [0.29, 0.717) is 11.3 Å². The molecular weight excluding hydrogens is 172 g/mol. The Morgan fingerprint density at radius 3 is 1.86 bits per heavy atom. The van der Waals surface area contributed by atoms with Gasteiger partial charge in [-0.25, -0.2) is 0 Å². The molecule has 0 bridgehead atoms. The van der Waals surface area contributed by atoms with Gasteiger partial charge >= 0.3 is 0 Å². The zero-order valence-corrected chi connectivity index (χ0v) is 11.0. The highest BCUT2D eigenvalue weighted by atomic mass is 15.0. The zero-order chi connectivity index (χ0) is 11.4. The second-order valence-electron chi connectivity index (χ2n) is 5.91. The van der Waals surface area contributed by atoms with Gasteiger partial charge in [0.25, 0.3) is 0 Å². The van der Waals surface area contributed by atoms with Gasteiger partial charge in [-0.1, -0.05) is 27.7 Å². The Morgan fingerprint density at radius 1 is 1.00 bits per heavy atom. The molecule has 0 aliphatic heterocycles. The van der Waals surface area contributed by atoms with Gasteiger partial charge in [0.2, 0.25) is 0 Å². The Labute approximate surface area is 89.9 Å². The number of nitrogens with one attached hydrogen (secondary N) is 2. The maximum atomic E-state index is 3.62. The average Bonchev–Trinajstić information content (AvgIpc) is 2.01. The minimum atomic E-state index is 0.181. The number of likely N-dealkylation sites (N-methyl/N-ethyl adjacent to an activating group) is 1. The van der Waals surface area contributed by atoms with Crippen molar-refractivity contribution in [2.45, 2.75) is 47.1 Å². The first kappa shape index (κ1) is 13.9. The Bertz CT molecular complexity index is 160. The van der Waals surface area contributed by atoms with Crippen LogP contribution >= 0.6 is 0 Å². The minimum absolute atomic E-state index is 0.181. The molecule has 2 nitrogen and oxygen atoms in total. The number of hydrogen-bond acceptors (Lipinski definition) is 2. The Hall–Kier alpha value is -0.0800. The molecule has 0 unspecified atom stereocenters. The average molecular weight is 200 g/mol. The maximum Gasteiger partial charge on any atom is 0.0249 e. The second-order valence-corrected chi connectivity index (χ2v) is 5.91. The summed E-state index contributed by atoms with van der Waals surface area (Å²) < 4.78 is 0. The van der Waals surface area contributed by atoms with Gasteiger partial charge in [0, 0.05) is 18.6 Å². The van der Waals surface area contributed by atoms with Gasteiger partial charge in [-0.2, -0.15) is 0 Å². The summed E-state index contributed by atoms with van der Waals surface area (Å²) in [6.45, 7) is 15.8. The van der Waals surface area contributed by atoms with E-state index in [0.717, 1.165) is 13.1 Å². The second kappa shape index (κ2) is 5.13. The molecule has 14 heavy (non-hydrogen) atoms. The van der Waals surface area contributed by atoms with Crippen molar-refractivity contribution in [2.24, 2.45) is 11.3 Å². The fourth-order valence-electron chi connectivity index (χ4n) is 1.18. The lowest BCUT2D eigenvalue weighted by molar-refractivity contribution is 0.208. The number of rotatable bonds is 6. The van der Waals surface area contributed by atoms with Crippen LogP contribution < -0.4 is 10.6 Å². The predicted molar refractivity (Wildman–Crippen MR) is 64.6 cm³/mol. The SMILES string of the molecule is CNCC(C)(C)NCC(C)(C)C(C)C. The van der Waals surface area contributed by atoms with E-state index < -0.39 is 0 Å². The van der Waals surface area contributed by atoms with E-state index in [9.17, 15) is 0 Å². The van der Waals surface area contributed by atoms with Crippen molar-refractivity contribution in [1.29, 1.82) is 0 Å². The van der Waals surface area contributed by atoms with Gasteiger partial charge < -0.3 is 10.6 Å². The monoisotopic (exact) mass is 200 g/mol. The molecule has 0 heterocycles. The third-order valence-electron chi connectivity index (χ3n) is 3.20. The largest absolute Gasteiger partial charge is 0.318 e. The summed E-state index contributed by atoms with van der Waals surface area (Å²) in [6, 6.07) is 0. The van der Waals surface area contributed by atoms with E-state index in [1.165, 1.54) is 0 Å². The van der Waals surface area contributed by atoms with Gasteiger partial charge in [0.05, 0.1) is 0 Å². The van der Waals surface area contributed by atoms with E-state index in [-0.39, 0.29) is 5.54 Å². The molecule has 0 aliphatic rings. The molecule has 0 aromatic rings. The van der Waals surface area contributed by atoms with Crippen LogP contribution in [-0.2, 0) is 0 Å². The van der Waals surface area contributed by atoms with Crippen LogP contribution in [-0.4, -0.2) is 25.7 Å². The molecule has 0 amide bonds. The molecule has 0 fully saturated rings. The van der Waals surface area contributed by atoms with Gasteiger partial charge in [0.1, 0.15) is 0 Å². The molecule has 86 valence electrons. The molecule has 2 N–H and O–H groups in total. The third-order valence-corrected chi connectivity index (χ3v) is 3.20. The van der Waals surface area contributed by atoms with Crippen molar-refractivity contribution in [3.63, 3.8) is 0 Å². The van der Waals surface area contributed by atoms with Crippen LogP contribution in [0.3, 0.4) is 0 Å². The molecule has 0 atom stereocenters. The lowest BCUT2D eigenvalue weighted by Gasteiger charge is -2.35. The summed E-state index contributed by atoms with van der Waals surface area (Å²) in [5, 5.41) is 6.83. The molecule has 0 saturated carbocycles. The van der Waals surface area contributed by atoms with Crippen LogP contribution in [0.15, 0.2) is 0 Å². The van der Waals surface area contributed by atoms with E-state index in [1.54, 1.807) is 0 Å². The lowest BCUT2D eigenvalue weighted by Crippen LogP contribution is -2.50. The van der Waals surface area contributed by atoms with Crippen LogP contribution in [0.4, 0.5) is 0 Å². The molecule has 0 aromatic carbocycles. The fraction of sp³-hybridized carbons (Fsp3) is 1.00. The fourth-order valence-corrected chi connectivity index (χ4v) is 1.18. The quantitative estimate of drug-likeness (QED) is 0.687. The van der Waals surface area contributed by atoms with Crippen molar-refractivity contribution in [3.05, 3.63) is 0 Å². The summed E-state index contributed by atoms with van der Waals surface area (Å²) in [5.41, 5.74) is 0.548. The summed E-state index contributed by atoms with van der Waals surface area (Å²) in [7, 11) is 2.00. The molecule has 0 spiro atoms. The van der Waals surface area contributed by atoms with Crippen LogP contribution in [0.25, 0.3) is 0 Å². The zero-order valence-electron chi connectivity index (χ0n) is 11.0. The van der Waals surface area contributed by atoms with Crippen LogP contribution in [0.5, 0.6) is 0 Å². The molecule has 0 rings (SSSR count). The van der Waals surface area contributed by atoms with E-state index in [2.05, 4.69) is 52.2 Å². The van der Waals surface area contributed by atoms with E-state index >= 15 is 0 Å². The molecule has 0 aliphatic carbocycles. The van der Waals surface area contributed by atoms with Crippen molar-refractivity contribution in [1.82, 2.24) is 10.6 Å². The molecular formula is C12H28N2. The first-order valence-electron chi connectivity index (χ1n) is 5.61. The van der Waals surface area contributed by atoms with Crippen molar-refractivity contribution < 1.29 is 0 Å². The van der Waals surface area contributed by atoms with Crippen LogP contribution in [0, 0.1) is 11.3 Å². The predicted octanol–water partition coefficient (Wildman–Crippen LogP) is 2.26. The maximum absolute atomic E-state index is 3.62. The van der Waals surface area contributed by atoms with Crippen LogP contribution in [0.1, 0.15) is 41.5 Å². The topological polar surface area (TPSA) is 24.1 Å². The molecule has 0 aromatic heterocycles. The minimum Gasteiger partial charge on any atom is -0.318 e. The first-order valence-corrected chi connectivity index (χ1v) is 5.61. The summed E-state index contributed by atoms with van der Waals surface area (Å²) in [6.07, 6.45) is 0. The lowest BCUT2D eigenvalue weighted by atomic mass is 9.80. The Kier molecular flexibility index (Phi) is 5.10. The highest BCUT2D eigenvalue weighted by molar-refractivity contribution is 4.84.